The van der Waals surface area contributed by atoms with Crippen LogP contribution in [0.25, 0.3) is 0 Å². The van der Waals surface area contributed by atoms with Crippen LogP contribution in [0.3, 0.4) is 0 Å². The van der Waals surface area contributed by atoms with Crippen LogP contribution in [0.4, 0.5) is 4.39 Å². The standard InChI is InChI=1S/C12H10FNOS2/c13-10-4-2-1-3-8(10)6-14-12(15)11-5-9(16)7-17-11/h1-5,7,16H,6H2,(H,14,15). The number of benzene rings is 1. The van der Waals surface area contributed by atoms with Crippen molar-refractivity contribution in [2.24, 2.45) is 0 Å². The SMILES string of the molecule is O=C(NCc1ccccc1F)c1cc(S)cs1. The van der Waals surface area contributed by atoms with Gasteiger partial charge in [-0.15, -0.1) is 24.0 Å². The Labute approximate surface area is 108 Å². The van der Waals surface area contributed by atoms with Crippen LogP contribution in [-0.2, 0) is 6.54 Å². The molecular formula is C12H10FNOS2. The first-order valence-corrected chi connectivity index (χ1v) is 6.28. The molecule has 88 valence electrons. The molecule has 0 unspecified atom stereocenters. The molecule has 1 aromatic carbocycles. The highest BCUT2D eigenvalue weighted by atomic mass is 32.1. The molecule has 0 aliphatic heterocycles. The van der Waals surface area contributed by atoms with E-state index < -0.39 is 0 Å². The molecule has 5 heteroatoms. The lowest BCUT2D eigenvalue weighted by molar-refractivity contribution is 0.0954. The van der Waals surface area contributed by atoms with Crippen molar-refractivity contribution >= 4 is 29.9 Å². The molecule has 0 aliphatic carbocycles. The van der Waals surface area contributed by atoms with E-state index in [4.69, 9.17) is 0 Å². The lowest BCUT2D eigenvalue weighted by atomic mass is 10.2. The van der Waals surface area contributed by atoms with Crippen molar-refractivity contribution in [3.8, 4) is 0 Å². The van der Waals surface area contributed by atoms with Crippen molar-refractivity contribution in [2.75, 3.05) is 0 Å². The van der Waals surface area contributed by atoms with Gasteiger partial charge in [0.1, 0.15) is 5.82 Å². The summed E-state index contributed by atoms with van der Waals surface area (Å²) < 4.78 is 13.3. The molecule has 0 saturated carbocycles. The summed E-state index contributed by atoms with van der Waals surface area (Å²) in [6.07, 6.45) is 0. The van der Waals surface area contributed by atoms with Crippen molar-refractivity contribution in [1.29, 1.82) is 0 Å². The molecule has 2 rings (SSSR count). The minimum atomic E-state index is -0.311. The average Bonchev–Trinajstić information content (AvgIpc) is 2.74. The van der Waals surface area contributed by atoms with Gasteiger partial charge in [-0.3, -0.25) is 4.79 Å². The van der Waals surface area contributed by atoms with Crippen LogP contribution in [0.5, 0.6) is 0 Å². The van der Waals surface area contributed by atoms with Gasteiger partial charge in [0.25, 0.3) is 5.91 Å². The highest BCUT2D eigenvalue weighted by Gasteiger charge is 2.08. The maximum absolute atomic E-state index is 13.3. The van der Waals surface area contributed by atoms with Gasteiger partial charge in [-0.2, -0.15) is 0 Å². The second-order valence-electron chi connectivity index (χ2n) is 3.44. The van der Waals surface area contributed by atoms with E-state index in [2.05, 4.69) is 17.9 Å². The number of thiophene rings is 1. The quantitative estimate of drug-likeness (QED) is 0.822. The number of hydrogen-bond acceptors (Lipinski definition) is 3. The summed E-state index contributed by atoms with van der Waals surface area (Å²) in [6, 6.07) is 8.06. The van der Waals surface area contributed by atoms with E-state index >= 15 is 0 Å². The second-order valence-corrected chi connectivity index (χ2v) is 4.87. The molecule has 2 aromatic rings. The second kappa shape index (κ2) is 5.33. The Morgan fingerprint density at radius 2 is 2.18 bits per heavy atom. The molecule has 17 heavy (non-hydrogen) atoms. The molecule has 0 aliphatic rings. The summed E-state index contributed by atoms with van der Waals surface area (Å²) in [6.45, 7) is 0.186. The molecule has 0 bridgehead atoms. The largest absolute Gasteiger partial charge is 0.347 e. The highest BCUT2D eigenvalue weighted by Crippen LogP contribution is 2.17. The molecule has 2 nitrogen and oxygen atoms in total. The van der Waals surface area contributed by atoms with Crippen LogP contribution in [0.1, 0.15) is 15.2 Å². The van der Waals surface area contributed by atoms with E-state index in [1.54, 1.807) is 29.6 Å². The van der Waals surface area contributed by atoms with E-state index in [1.165, 1.54) is 17.4 Å². The maximum atomic E-state index is 13.3. The van der Waals surface area contributed by atoms with Gasteiger partial charge in [0.2, 0.25) is 0 Å². The fourth-order valence-electron chi connectivity index (χ4n) is 1.35. The fourth-order valence-corrected chi connectivity index (χ4v) is 2.41. The lowest BCUT2D eigenvalue weighted by Gasteiger charge is -2.04. The summed E-state index contributed by atoms with van der Waals surface area (Å²) >= 11 is 5.44. The van der Waals surface area contributed by atoms with E-state index in [0.717, 1.165) is 4.90 Å². The highest BCUT2D eigenvalue weighted by molar-refractivity contribution is 7.80. The first kappa shape index (κ1) is 12.1. The van der Waals surface area contributed by atoms with Crippen molar-refractivity contribution in [3.63, 3.8) is 0 Å². The molecule has 0 saturated heterocycles. The third-order valence-electron chi connectivity index (χ3n) is 2.21. The van der Waals surface area contributed by atoms with Gasteiger partial charge in [-0.1, -0.05) is 18.2 Å². The van der Waals surface area contributed by atoms with E-state index in [-0.39, 0.29) is 18.3 Å². The molecule has 0 fully saturated rings. The van der Waals surface area contributed by atoms with Crippen LogP contribution in [-0.4, -0.2) is 5.91 Å². The Bertz CT molecular complexity index is 539. The lowest BCUT2D eigenvalue weighted by Crippen LogP contribution is -2.22. The Morgan fingerprint density at radius 3 is 2.82 bits per heavy atom. The van der Waals surface area contributed by atoms with Gasteiger partial charge in [0.05, 0.1) is 4.88 Å². The minimum Gasteiger partial charge on any atom is -0.347 e. The molecule has 1 heterocycles. The first-order chi connectivity index (χ1) is 8.16. The molecular weight excluding hydrogens is 257 g/mol. The van der Waals surface area contributed by atoms with E-state index in [9.17, 15) is 9.18 Å². The van der Waals surface area contributed by atoms with Gasteiger partial charge in [0, 0.05) is 22.4 Å². The number of hydrogen-bond donors (Lipinski definition) is 2. The third-order valence-corrected chi connectivity index (χ3v) is 3.57. The normalized spacial score (nSPS) is 10.2. The Balaban J connectivity index is 1.99. The van der Waals surface area contributed by atoms with Gasteiger partial charge in [0.15, 0.2) is 0 Å². The number of thiol groups is 1. The average molecular weight is 267 g/mol. The van der Waals surface area contributed by atoms with Crippen molar-refractivity contribution < 1.29 is 9.18 Å². The summed E-state index contributed by atoms with van der Waals surface area (Å²) in [5, 5.41) is 4.45. The van der Waals surface area contributed by atoms with Crippen molar-refractivity contribution in [1.82, 2.24) is 5.32 Å². The molecule has 0 radical (unpaired) electrons. The monoisotopic (exact) mass is 267 g/mol. The first-order valence-electron chi connectivity index (χ1n) is 4.96. The smallest absolute Gasteiger partial charge is 0.261 e. The zero-order valence-electron chi connectivity index (χ0n) is 8.81. The van der Waals surface area contributed by atoms with E-state index in [1.807, 2.05) is 0 Å². The van der Waals surface area contributed by atoms with Gasteiger partial charge >= 0.3 is 0 Å². The predicted octanol–water partition coefficient (Wildman–Crippen LogP) is 3.11. The number of carbonyl (C=O) groups excluding carboxylic acids is 1. The summed E-state index contributed by atoms with van der Waals surface area (Å²) in [7, 11) is 0. The van der Waals surface area contributed by atoms with Gasteiger partial charge < -0.3 is 5.32 Å². The van der Waals surface area contributed by atoms with Crippen molar-refractivity contribution in [2.45, 2.75) is 11.4 Å². The van der Waals surface area contributed by atoms with Crippen LogP contribution < -0.4 is 5.32 Å². The van der Waals surface area contributed by atoms with Crippen LogP contribution in [0, 0.1) is 5.82 Å². The number of amides is 1. The summed E-state index contributed by atoms with van der Waals surface area (Å²) in [5.41, 5.74) is 0.475. The number of halogens is 1. The summed E-state index contributed by atoms with van der Waals surface area (Å²) in [5.74, 6) is -0.521. The summed E-state index contributed by atoms with van der Waals surface area (Å²) in [4.78, 5) is 13.0. The molecule has 1 N–H and O–H groups in total. The fraction of sp³-hybridized carbons (Fsp3) is 0.0833. The Kier molecular flexibility index (Phi) is 3.81. The Morgan fingerprint density at radius 1 is 1.41 bits per heavy atom. The number of nitrogens with one attached hydrogen (secondary N) is 1. The van der Waals surface area contributed by atoms with Crippen LogP contribution >= 0.6 is 24.0 Å². The molecule has 1 aromatic heterocycles. The zero-order chi connectivity index (χ0) is 12.3. The zero-order valence-corrected chi connectivity index (χ0v) is 10.5. The maximum Gasteiger partial charge on any atom is 0.261 e. The third kappa shape index (κ3) is 3.08. The molecule has 1 amide bonds. The van der Waals surface area contributed by atoms with E-state index in [0.29, 0.717) is 10.4 Å². The van der Waals surface area contributed by atoms with Gasteiger partial charge in [-0.25, -0.2) is 4.39 Å². The molecule has 0 spiro atoms. The van der Waals surface area contributed by atoms with Crippen LogP contribution in [0.2, 0.25) is 0 Å². The van der Waals surface area contributed by atoms with Crippen LogP contribution in [0.15, 0.2) is 40.6 Å². The predicted molar refractivity (Wildman–Crippen MR) is 69.1 cm³/mol. The topological polar surface area (TPSA) is 29.1 Å². The number of carbonyl (C=O) groups is 1. The molecule has 0 atom stereocenters. The van der Waals surface area contributed by atoms with Crippen molar-refractivity contribution in [3.05, 3.63) is 52.0 Å². The minimum absolute atomic E-state index is 0.186. The Hall–Kier alpha value is -1.33. The van der Waals surface area contributed by atoms with Gasteiger partial charge in [-0.05, 0) is 12.1 Å². The number of rotatable bonds is 3.